The van der Waals surface area contributed by atoms with E-state index in [0.717, 1.165) is 35.5 Å². The van der Waals surface area contributed by atoms with E-state index in [2.05, 4.69) is 29.7 Å². The first-order valence-electron chi connectivity index (χ1n) is 9.83. The van der Waals surface area contributed by atoms with Crippen LogP contribution >= 0.6 is 0 Å². The van der Waals surface area contributed by atoms with E-state index < -0.39 is 0 Å². The molecule has 1 amide bonds. The molecule has 0 heterocycles. The van der Waals surface area contributed by atoms with Crippen molar-refractivity contribution in [1.29, 1.82) is 0 Å². The zero-order valence-electron chi connectivity index (χ0n) is 17.5. The SMILES string of the molecule is CCCC(NC(=O)C(C)NC(C)c1cc(OC)ccc1OC)c1ccccc1. The Morgan fingerprint density at radius 3 is 2.36 bits per heavy atom. The standard InChI is InChI=1S/C23H32N2O3/c1-6-10-21(18-11-8-7-9-12-18)25-23(26)17(3)24-16(2)20-15-19(27-4)13-14-22(20)28-5/h7-9,11-17,21,24H,6,10H2,1-5H3,(H,25,26). The zero-order valence-corrected chi connectivity index (χ0v) is 17.5. The Balaban J connectivity index is 2.06. The lowest BCUT2D eigenvalue weighted by molar-refractivity contribution is -0.123. The predicted molar refractivity (Wildman–Crippen MR) is 113 cm³/mol. The van der Waals surface area contributed by atoms with E-state index >= 15 is 0 Å². The molecule has 2 rings (SSSR count). The number of amides is 1. The van der Waals surface area contributed by atoms with Gasteiger partial charge in [-0.2, -0.15) is 0 Å². The summed E-state index contributed by atoms with van der Waals surface area (Å²) in [6.07, 6.45) is 1.90. The fourth-order valence-electron chi connectivity index (χ4n) is 3.31. The Morgan fingerprint density at radius 2 is 1.75 bits per heavy atom. The number of nitrogens with one attached hydrogen (secondary N) is 2. The maximum atomic E-state index is 12.8. The molecule has 3 atom stereocenters. The fourth-order valence-corrected chi connectivity index (χ4v) is 3.31. The maximum absolute atomic E-state index is 12.8. The molecule has 0 spiro atoms. The Hall–Kier alpha value is -2.53. The quantitative estimate of drug-likeness (QED) is 0.637. The topological polar surface area (TPSA) is 59.6 Å². The average Bonchev–Trinajstić information content (AvgIpc) is 2.73. The highest BCUT2D eigenvalue weighted by molar-refractivity contribution is 5.81. The Kier molecular flexibility index (Phi) is 8.33. The van der Waals surface area contributed by atoms with Crippen LogP contribution in [-0.4, -0.2) is 26.2 Å². The number of ether oxygens (including phenoxy) is 2. The number of hydrogen-bond donors (Lipinski definition) is 2. The predicted octanol–water partition coefficient (Wildman–Crippen LogP) is 4.40. The first-order valence-corrected chi connectivity index (χ1v) is 9.83. The number of rotatable bonds is 10. The molecule has 5 heteroatoms. The van der Waals surface area contributed by atoms with Crippen LogP contribution in [0.4, 0.5) is 0 Å². The smallest absolute Gasteiger partial charge is 0.237 e. The molecule has 2 aromatic carbocycles. The van der Waals surface area contributed by atoms with Gasteiger partial charge in [0.25, 0.3) is 0 Å². The van der Waals surface area contributed by atoms with E-state index in [1.54, 1.807) is 14.2 Å². The van der Waals surface area contributed by atoms with E-state index in [0.29, 0.717) is 0 Å². The van der Waals surface area contributed by atoms with Crippen LogP contribution in [0.15, 0.2) is 48.5 Å². The molecule has 0 bridgehead atoms. The highest BCUT2D eigenvalue weighted by atomic mass is 16.5. The van der Waals surface area contributed by atoms with Crippen LogP contribution < -0.4 is 20.1 Å². The van der Waals surface area contributed by atoms with Gasteiger partial charge in [0.05, 0.1) is 26.3 Å². The van der Waals surface area contributed by atoms with Crippen LogP contribution in [0.25, 0.3) is 0 Å². The summed E-state index contributed by atoms with van der Waals surface area (Å²) in [6, 6.07) is 15.4. The highest BCUT2D eigenvalue weighted by Crippen LogP contribution is 2.29. The molecule has 0 saturated carbocycles. The van der Waals surface area contributed by atoms with E-state index in [1.807, 2.05) is 50.2 Å². The molecule has 0 aromatic heterocycles. The van der Waals surface area contributed by atoms with Crippen molar-refractivity contribution in [2.75, 3.05) is 14.2 Å². The molecule has 0 fully saturated rings. The summed E-state index contributed by atoms with van der Waals surface area (Å²) in [7, 11) is 3.28. The second kappa shape index (κ2) is 10.7. The first-order chi connectivity index (χ1) is 13.5. The molecule has 0 aliphatic heterocycles. The van der Waals surface area contributed by atoms with Gasteiger partial charge in [-0.3, -0.25) is 10.1 Å². The second-order valence-electron chi connectivity index (χ2n) is 6.98. The average molecular weight is 385 g/mol. The summed E-state index contributed by atoms with van der Waals surface area (Å²) in [4.78, 5) is 12.8. The van der Waals surface area contributed by atoms with Gasteiger partial charge in [0.1, 0.15) is 11.5 Å². The van der Waals surface area contributed by atoms with Gasteiger partial charge in [-0.15, -0.1) is 0 Å². The largest absolute Gasteiger partial charge is 0.497 e. The summed E-state index contributed by atoms with van der Waals surface area (Å²) < 4.78 is 10.8. The van der Waals surface area contributed by atoms with Gasteiger partial charge in [0.15, 0.2) is 0 Å². The number of methoxy groups -OCH3 is 2. The molecule has 5 nitrogen and oxygen atoms in total. The molecule has 28 heavy (non-hydrogen) atoms. The summed E-state index contributed by atoms with van der Waals surface area (Å²) in [5.74, 6) is 1.51. The van der Waals surface area contributed by atoms with Crippen molar-refractivity contribution in [3.63, 3.8) is 0 Å². The zero-order chi connectivity index (χ0) is 20.5. The summed E-state index contributed by atoms with van der Waals surface area (Å²) in [5, 5.41) is 6.56. The van der Waals surface area contributed by atoms with Gasteiger partial charge >= 0.3 is 0 Å². The van der Waals surface area contributed by atoms with Crippen molar-refractivity contribution in [1.82, 2.24) is 10.6 Å². The van der Waals surface area contributed by atoms with Crippen LogP contribution in [-0.2, 0) is 4.79 Å². The Bertz CT molecular complexity index is 749. The van der Waals surface area contributed by atoms with Crippen LogP contribution in [0.5, 0.6) is 11.5 Å². The molecule has 152 valence electrons. The molecule has 3 unspecified atom stereocenters. The Labute approximate surface area is 168 Å². The van der Waals surface area contributed by atoms with E-state index in [4.69, 9.17) is 9.47 Å². The lowest BCUT2D eigenvalue weighted by atomic mass is 10.0. The van der Waals surface area contributed by atoms with Crippen molar-refractivity contribution in [3.05, 3.63) is 59.7 Å². The summed E-state index contributed by atoms with van der Waals surface area (Å²) >= 11 is 0. The lowest BCUT2D eigenvalue weighted by Crippen LogP contribution is -2.44. The minimum absolute atomic E-state index is 0.0176. The molecule has 0 radical (unpaired) electrons. The van der Waals surface area contributed by atoms with Crippen LogP contribution in [0, 0.1) is 0 Å². The monoisotopic (exact) mass is 384 g/mol. The van der Waals surface area contributed by atoms with E-state index in [9.17, 15) is 4.79 Å². The number of carbonyl (C=O) groups is 1. The summed E-state index contributed by atoms with van der Waals surface area (Å²) in [5.41, 5.74) is 2.09. The molecular formula is C23H32N2O3. The van der Waals surface area contributed by atoms with Gasteiger partial charge < -0.3 is 14.8 Å². The molecule has 2 N–H and O–H groups in total. The second-order valence-corrected chi connectivity index (χ2v) is 6.98. The van der Waals surface area contributed by atoms with E-state index in [1.165, 1.54) is 0 Å². The fraction of sp³-hybridized carbons (Fsp3) is 0.435. The van der Waals surface area contributed by atoms with Gasteiger partial charge in [-0.1, -0.05) is 43.7 Å². The van der Waals surface area contributed by atoms with Crippen molar-refractivity contribution in [2.24, 2.45) is 0 Å². The Morgan fingerprint density at radius 1 is 1.04 bits per heavy atom. The van der Waals surface area contributed by atoms with Crippen LogP contribution in [0.2, 0.25) is 0 Å². The van der Waals surface area contributed by atoms with Gasteiger partial charge in [-0.25, -0.2) is 0 Å². The van der Waals surface area contributed by atoms with Crippen molar-refractivity contribution in [3.8, 4) is 11.5 Å². The molecule has 0 aliphatic carbocycles. The third-order valence-corrected chi connectivity index (χ3v) is 4.89. The van der Waals surface area contributed by atoms with Crippen molar-refractivity contribution in [2.45, 2.75) is 51.7 Å². The summed E-state index contributed by atoms with van der Waals surface area (Å²) in [6.45, 7) is 6.02. The minimum atomic E-state index is -0.353. The van der Waals surface area contributed by atoms with Gasteiger partial charge in [0.2, 0.25) is 5.91 Å². The van der Waals surface area contributed by atoms with Crippen molar-refractivity contribution < 1.29 is 14.3 Å². The minimum Gasteiger partial charge on any atom is -0.497 e. The van der Waals surface area contributed by atoms with Crippen molar-refractivity contribution >= 4 is 5.91 Å². The lowest BCUT2D eigenvalue weighted by Gasteiger charge is -2.25. The van der Waals surface area contributed by atoms with Crippen LogP contribution in [0.1, 0.15) is 56.8 Å². The third kappa shape index (κ3) is 5.73. The highest BCUT2D eigenvalue weighted by Gasteiger charge is 2.22. The van der Waals surface area contributed by atoms with Gasteiger partial charge in [0, 0.05) is 11.6 Å². The third-order valence-electron chi connectivity index (χ3n) is 4.89. The molecule has 0 saturated heterocycles. The molecule has 2 aromatic rings. The number of benzene rings is 2. The first kappa shape index (κ1) is 21.8. The van der Waals surface area contributed by atoms with Crippen LogP contribution in [0.3, 0.4) is 0 Å². The molecule has 0 aliphatic rings. The van der Waals surface area contributed by atoms with E-state index in [-0.39, 0.29) is 24.0 Å². The normalized spacial score (nSPS) is 14.0. The van der Waals surface area contributed by atoms with Gasteiger partial charge in [-0.05, 0) is 44.0 Å². The number of carbonyl (C=O) groups excluding carboxylic acids is 1. The molecular weight excluding hydrogens is 352 g/mol. The number of hydrogen-bond acceptors (Lipinski definition) is 4. The maximum Gasteiger partial charge on any atom is 0.237 e.